The van der Waals surface area contributed by atoms with Gasteiger partial charge in [-0.15, -0.1) is 5.10 Å². The van der Waals surface area contributed by atoms with Crippen molar-refractivity contribution in [1.29, 1.82) is 0 Å². The third kappa shape index (κ3) is 3.96. The summed E-state index contributed by atoms with van der Waals surface area (Å²) in [6.07, 6.45) is 0.412. The van der Waals surface area contributed by atoms with Gasteiger partial charge in [0.1, 0.15) is 23.9 Å². The molecule has 0 atom stereocenters. The summed E-state index contributed by atoms with van der Waals surface area (Å²) in [5.74, 6) is -3.59. The molecule has 10 heteroatoms. The molecule has 4 rings (SSSR count). The number of hydrogen-bond acceptors (Lipinski definition) is 6. The Labute approximate surface area is 164 Å². The number of alkyl halides is 2. The third-order valence-corrected chi connectivity index (χ3v) is 4.22. The lowest BCUT2D eigenvalue weighted by Crippen LogP contribution is -2.31. The molecule has 0 bridgehead atoms. The lowest BCUT2D eigenvalue weighted by Gasteiger charge is -2.12. The molecule has 0 fully saturated rings. The fourth-order valence-corrected chi connectivity index (χ4v) is 2.85. The van der Waals surface area contributed by atoms with E-state index >= 15 is 0 Å². The van der Waals surface area contributed by atoms with Crippen LogP contribution in [-0.4, -0.2) is 37.0 Å². The molecule has 29 heavy (non-hydrogen) atoms. The summed E-state index contributed by atoms with van der Waals surface area (Å²) in [6, 6.07) is 14.3. The lowest BCUT2D eigenvalue weighted by molar-refractivity contribution is -0.137. The first-order chi connectivity index (χ1) is 13.9. The maximum absolute atomic E-state index is 13.1. The zero-order valence-electron chi connectivity index (χ0n) is 15.3. The molecule has 8 nitrogen and oxygen atoms in total. The Kier molecular flexibility index (Phi) is 4.75. The van der Waals surface area contributed by atoms with Crippen LogP contribution in [0.15, 0.2) is 54.3 Å². The van der Waals surface area contributed by atoms with E-state index in [9.17, 15) is 13.6 Å². The van der Waals surface area contributed by atoms with Crippen molar-refractivity contribution in [3.8, 4) is 0 Å². The first kappa shape index (κ1) is 18.7. The summed E-state index contributed by atoms with van der Waals surface area (Å²) >= 11 is 0. The van der Waals surface area contributed by atoms with Crippen LogP contribution in [0.4, 0.5) is 14.6 Å². The second-order valence-electron chi connectivity index (χ2n) is 6.47. The highest BCUT2D eigenvalue weighted by molar-refractivity contribution is 5.94. The molecule has 148 valence electrons. The monoisotopic (exact) mass is 398 g/mol. The number of allylic oxidation sites excluding steroid dienone is 1. The maximum atomic E-state index is 13.1. The summed E-state index contributed by atoms with van der Waals surface area (Å²) in [7, 11) is 0. The number of ether oxygens (including phenoxy) is 1. The number of anilines is 1. The number of halogens is 2. The minimum atomic E-state index is -3.49. The van der Waals surface area contributed by atoms with Crippen molar-refractivity contribution >= 4 is 17.4 Å². The summed E-state index contributed by atoms with van der Waals surface area (Å²) in [5, 5.41) is 13.8. The van der Waals surface area contributed by atoms with Crippen molar-refractivity contribution < 1.29 is 18.3 Å². The molecule has 1 aliphatic heterocycles. The van der Waals surface area contributed by atoms with Gasteiger partial charge in [-0.3, -0.25) is 4.79 Å². The van der Waals surface area contributed by atoms with Gasteiger partial charge in [-0.05, 0) is 22.6 Å². The Hall–Kier alpha value is -3.69. The Balaban J connectivity index is 1.53. The van der Waals surface area contributed by atoms with Gasteiger partial charge in [0, 0.05) is 12.5 Å². The van der Waals surface area contributed by atoms with E-state index in [1.807, 2.05) is 30.3 Å². The fraction of sp³-hybridized carbons (Fsp3) is 0.211. The third-order valence-electron chi connectivity index (χ3n) is 4.22. The minimum Gasteiger partial charge on any atom is -0.489 e. The predicted octanol–water partition coefficient (Wildman–Crippen LogP) is 2.65. The Morgan fingerprint density at radius 3 is 2.76 bits per heavy atom. The maximum Gasteiger partial charge on any atom is 0.322 e. The van der Waals surface area contributed by atoms with Gasteiger partial charge < -0.3 is 10.1 Å². The minimum absolute atomic E-state index is 0.0279. The molecular formula is C19H16F2N6O2. The molecule has 1 aliphatic rings. The molecular weight excluding hydrogens is 382 g/mol. The van der Waals surface area contributed by atoms with Crippen LogP contribution in [0.1, 0.15) is 24.0 Å². The van der Waals surface area contributed by atoms with Gasteiger partial charge in [0.2, 0.25) is 0 Å². The van der Waals surface area contributed by atoms with E-state index in [2.05, 4.69) is 25.8 Å². The Morgan fingerprint density at radius 2 is 2.00 bits per heavy atom. The van der Waals surface area contributed by atoms with Crippen molar-refractivity contribution in [3.05, 3.63) is 71.4 Å². The van der Waals surface area contributed by atoms with E-state index in [0.29, 0.717) is 30.6 Å². The number of carbonyl (C=O) groups excluding carboxylic acids is 1. The number of aromatic nitrogens is 5. The average Bonchev–Trinajstić information content (AvgIpc) is 3.27. The van der Waals surface area contributed by atoms with Crippen molar-refractivity contribution in [2.45, 2.75) is 25.9 Å². The predicted molar refractivity (Wildman–Crippen MR) is 98.6 cm³/mol. The molecule has 0 radical (unpaired) electrons. The van der Waals surface area contributed by atoms with Gasteiger partial charge in [0.05, 0.1) is 12.1 Å². The largest absolute Gasteiger partial charge is 0.489 e. The molecule has 1 N–H and O–H groups in total. The number of hydrogen-bond donors (Lipinski definition) is 1. The summed E-state index contributed by atoms with van der Waals surface area (Å²) < 4.78 is 33.7. The van der Waals surface area contributed by atoms with Crippen LogP contribution in [0.3, 0.4) is 0 Å². The van der Waals surface area contributed by atoms with Crippen LogP contribution >= 0.6 is 0 Å². The van der Waals surface area contributed by atoms with E-state index in [-0.39, 0.29) is 12.4 Å². The van der Waals surface area contributed by atoms with E-state index in [4.69, 9.17) is 4.74 Å². The molecule has 2 aromatic heterocycles. The number of pyridine rings is 1. The Bertz CT molecular complexity index is 1080. The van der Waals surface area contributed by atoms with Gasteiger partial charge in [0.25, 0.3) is 5.91 Å². The van der Waals surface area contributed by atoms with E-state index in [1.54, 1.807) is 16.8 Å². The zero-order chi connectivity index (χ0) is 20.4. The molecule has 0 spiro atoms. The van der Waals surface area contributed by atoms with Gasteiger partial charge >= 0.3 is 5.92 Å². The average molecular weight is 398 g/mol. The number of nitrogens with zero attached hydrogens (tertiary/aromatic N) is 5. The second kappa shape index (κ2) is 7.38. The molecule has 0 unspecified atom stereocenters. The molecule has 0 saturated carbocycles. The van der Waals surface area contributed by atoms with Crippen LogP contribution in [-0.2, 0) is 22.6 Å². The highest BCUT2D eigenvalue weighted by atomic mass is 19.3. The van der Waals surface area contributed by atoms with Crippen molar-refractivity contribution in [3.63, 3.8) is 0 Å². The molecule has 0 aliphatic carbocycles. The van der Waals surface area contributed by atoms with Crippen LogP contribution in [0, 0.1) is 0 Å². The van der Waals surface area contributed by atoms with Gasteiger partial charge in [0.15, 0.2) is 5.82 Å². The molecule has 0 saturated heterocycles. The highest BCUT2D eigenvalue weighted by Crippen LogP contribution is 2.30. The van der Waals surface area contributed by atoms with E-state index in [1.165, 1.54) is 6.07 Å². The number of nitrogens with one attached hydrogen (secondary N) is 1. The lowest BCUT2D eigenvalue weighted by atomic mass is 10.1. The smallest absolute Gasteiger partial charge is 0.322 e. The van der Waals surface area contributed by atoms with E-state index < -0.39 is 11.8 Å². The van der Waals surface area contributed by atoms with Crippen LogP contribution in [0.2, 0.25) is 0 Å². The molecule has 3 heterocycles. The van der Waals surface area contributed by atoms with Crippen LogP contribution in [0.25, 0.3) is 5.70 Å². The van der Waals surface area contributed by atoms with Gasteiger partial charge in [-0.25, -0.2) is 4.98 Å². The Morgan fingerprint density at radius 1 is 1.21 bits per heavy atom. The van der Waals surface area contributed by atoms with Crippen LogP contribution < -0.4 is 5.32 Å². The van der Waals surface area contributed by atoms with Crippen LogP contribution in [0.5, 0.6) is 0 Å². The quantitative estimate of drug-likeness (QED) is 0.686. The second-order valence-corrected chi connectivity index (χ2v) is 6.47. The number of benzene rings is 1. The molecule has 3 aromatic rings. The number of fused-ring (bicyclic) bond motifs is 1. The standard InChI is InChI=1S/C19H16F2N6O2/c1-19(20,21)18(28)23-15-9-5-8-13(22-15)11-29-14-10-16-24-25-26-27(16)17(14)12-6-3-2-4-7-12/h2-9H,10-11H2,1H3,(H,22,23,28). The number of tetrazole rings is 1. The normalized spacial score (nSPS) is 13.3. The highest BCUT2D eigenvalue weighted by Gasteiger charge is 2.32. The zero-order valence-corrected chi connectivity index (χ0v) is 15.3. The van der Waals surface area contributed by atoms with Crippen molar-refractivity contribution in [1.82, 2.24) is 25.2 Å². The SMILES string of the molecule is CC(F)(F)C(=O)Nc1cccc(COC2=C(c3ccccc3)n3nnnc3C2)n1. The fourth-order valence-electron chi connectivity index (χ4n) is 2.85. The first-order valence-corrected chi connectivity index (χ1v) is 8.76. The number of rotatable bonds is 6. The van der Waals surface area contributed by atoms with Gasteiger partial charge in [-0.1, -0.05) is 36.4 Å². The number of amides is 1. The topological polar surface area (TPSA) is 94.8 Å². The molecule has 1 aromatic carbocycles. The summed E-state index contributed by atoms with van der Waals surface area (Å²) in [4.78, 5) is 15.6. The summed E-state index contributed by atoms with van der Waals surface area (Å²) in [5.41, 5.74) is 2.10. The molecule has 1 amide bonds. The van der Waals surface area contributed by atoms with E-state index in [0.717, 1.165) is 11.3 Å². The summed E-state index contributed by atoms with van der Waals surface area (Å²) in [6.45, 7) is 0.607. The van der Waals surface area contributed by atoms with Crippen molar-refractivity contribution in [2.75, 3.05) is 5.32 Å². The number of carbonyl (C=O) groups is 1. The first-order valence-electron chi connectivity index (χ1n) is 8.76. The van der Waals surface area contributed by atoms with Crippen molar-refractivity contribution in [2.24, 2.45) is 0 Å². The van der Waals surface area contributed by atoms with Gasteiger partial charge in [-0.2, -0.15) is 13.5 Å².